The van der Waals surface area contributed by atoms with E-state index in [0.29, 0.717) is 0 Å². The average Bonchev–Trinajstić information content (AvgIpc) is 3.10. The van der Waals surface area contributed by atoms with Crippen LogP contribution in [0.1, 0.15) is 35.9 Å². The second kappa shape index (κ2) is 9.02. The molecule has 2 aromatic rings. The smallest absolute Gasteiger partial charge is 0.191 e. The molecule has 2 heterocycles. The van der Waals surface area contributed by atoms with E-state index in [1.165, 1.54) is 17.5 Å². The molecule has 0 bridgehead atoms. The lowest BCUT2D eigenvalue weighted by Crippen LogP contribution is -2.39. The Bertz CT molecular complexity index is 680. The van der Waals surface area contributed by atoms with Gasteiger partial charge in [0.15, 0.2) is 5.96 Å². The summed E-state index contributed by atoms with van der Waals surface area (Å²) in [5.74, 6) is 0.895. The Morgan fingerprint density at radius 3 is 2.92 bits per heavy atom. The standard InChI is InChI=1S/C20H28N4S/c1-3-21-20(23-16(2)17-7-5-4-6-8-17)22-11-13-24-12-9-19-18(15-24)10-14-25-19/h4-8,10,14,16H,3,9,11-13,15H2,1-2H3,(H2,21,22,23). The van der Waals surface area contributed by atoms with Crippen LogP contribution in [0.4, 0.5) is 0 Å². The van der Waals surface area contributed by atoms with Crippen LogP contribution >= 0.6 is 11.3 Å². The maximum Gasteiger partial charge on any atom is 0.191 e. The molecule has 0 spiro atoms. The van der Waals surface area contributed by atoms with Gasteiger partial charge in [0.1, 0.15) is 0 Å². The first-order valence-electron chi connectivity index (χ1n) is 9.13. The second-order valence-corrected chi connectivity index (χ2v) is 7.43. The van der Waals surface area contributed by atoms with Crippen molar-refractivity contribution in [2.24, 2.45) is 4.99 Å². The van der Waals surface area contributed by atoms with Crippen LogP contribution in [-0.2, 0) is 13.0 Å². The molecule has 1 aliphatic heterocycles. The van der Waals surface area contributed by atoms with Crippen LogP contribution in [0.15, 0.2) is 46.8 Å². The van der Waals surface area contributed by atoms with Crippen molar-refractivity contribution in [1.82, 2.24) is 15.5 Å². The molecule has 0 fully saturated rings. The van der Waals surface area contributed by atoms with E-state index in [4.69, 9.17) is 4.99 Å². The molecule has 0 saturated heterocycles. The second-order valence-electron chi connectivity index (χ2n) is 6.43. The highest BCUT2D eigenvalue weighted by molar-refractivity contribution is 7.10. The van der Waals surface area contributed by atoms with Gasteiger partial charge in [0.2, 0.25) is 0 Å². The van der Waals surface area contributed by atoms with Gasteiger partial charge in [0, 0.05) is 31.1 Å². The number of guanidine groups is 1. The van der Waals surface area contributed by atoms with Gasteiger partial charge in [-0.05, 0) is 42.8 Å². The quantitative estimate of drug-likeness (QED) is 0.615. The van der Waals surface area contributed by atoms with Crippen LogP contribution in [0.3, 0.4) is 0 Å². The Labute approximate surface area is 155 Å². The number of nitrogens with zero attached hydrogens (tertiary/aromatic N) is 2. The van der Waals surface area contributed by atoms with Gasteiger partial charge in [-0.15, -0.1) is 11.3 Å². The maximum atomic E-state index is 4.77. The monoisotopic (exact) mass is 356 g/mol. The summed E-state index contributed by atoms with van der Waals surface area (Å²) in [7, 11) is 0. The summed E-state index contributed by atoms with van der Waals surface area (Å²) in [6, 6.07) is 13.0. The minimum Gasteiger partial charge on any atom is -0.357 e. The molecule has 134 valence electrons. The number of fused-ring (bicyclic) bond motifs is 1. The molecule has 1 aromatic heterocycles. The van der Waals surface area contributed by atoms with E-state index in [0.717, 1.165) is 38.7 Å². The van der Waals surface area contributed by atoms with Gasteiger partial charge in [0.05, 0.1) is 12.6 Å². The van der Waals surface area contributed by atoms with Crippen LogP contribution in [0.2, 0.25) is 0 Å². The van der Waals surface area contributed by atoms with Crippen molar-refractivity contribution in [3.8, 4) is 0 Å². The van der Waals surface area contributed by atoms with Crippen LogP contribution in [0.25, 0.3) is 0 Å². The lowest BCUT2D eigenvalue weighted by atomic mass is 10.1. The minimum absolute atomic E-state index is 0.238. The maximum absolute atomic E-state index is 4.77. The molecule has 1 aromatic carbocycles. The van der Waals surface area contributed by atoms with E-state index in [9.17, 15) is 0 Å². The molecule has 3 rings (SSSR count). The number of rotatable bonds is 6. The topological polar surface area (TPSA) is 39.7 Å². The third kappa shape index (κ3) is 5.06. The zero-order chi connectivity index (χ0) is 17.5. The molecular formula is C20H28N4S. The van der Waals surface area contributed by atoms with Gasteiger partial charge in [-0.2, -0.15) is 0 Å². The summed E-state index contributed by atoms with van der Waals surface area (Å²) in [5.41, 5.74) is 2.78. The number of hydrogen-bond donors (Lipinski definition) is 2. The molecule has 4 nitrogen and oxygen atoms in total. The molecule has 0 radical (unpaired) electrons. The largest absolute Gasteiger partial charge is 0.357 e. The Morgan fingerprint density at radius 1 is 1.28 bits per heavy atom. The first kappa shape index (κ1) is 18.0. The first-order valence-corrected chi connectivity index (χ1v) is 10.0. The molecular weight excluding hydrogens is 328 g/mol. The highest BCUT2D eigenvalue weighted by atomic mass is 32.1. The van der Waals surface area contributed by atoms with Crippen LogP contribution in [0.5, 0.6) is 0 Å². The van der Waals surface area contributed by atoms with E-state index in [2.05, 4.69) is 65.1 Å². The third-order valence-corrected chi connectivity index (χ3v) is 5.59. The summed E-state index contributed by atoms with van der Waals surface area (Å²) in [5, 5.41) is 9.07. The summed E-state index contributed by atoms with van der Waals surface area (Å²) in [6.07, 6.45) is 1.18. The minimum atomic E-state index is 0.238. The predicted octanol–water partition coefficient (Wildman–Crippen LogP) is 3.42. The zero-order valence-electron chi connectivity index (χ0n) is 15.2. The number of nitrogens with one attached hydrogen (secondary N) is 2. The number of thiophene rings is 1. The van der Waals surface area contributed by atoms with E-state index in [-0.39, 0.29) is 6.04 Å². The van der Waals surface area contributed by atoms with Gasteiger partial charge in [-0.3, -0.25) is 9.89 Å². The molecule has 0 saturated carbocycles. The van der Waals surface area contributed by atoms with E-state index >= 15 is 0 Å². The molecule has 2 N–H and O–H groups in total. The number of aliphatic imine (C=N–C) groups is 1. The van der Waals surface area contributed by atoms with Gasteiger partial charge in [0.25, 0.3) is 0 Å². The fourth-order valence-corrected chi connectivity index (χ4v) is 4.04. The molecule has 0 aliphatic carbocycles. The Balaban J connectivity index is 1.52. The highest BCUT2D eigenvalue weighted by Gasteiger charge is 2.16. The molecule has 1 aliphatic rings. The zero-order valence-corrected chi connectivity index (χ0v) is 16.0. The number of benzene rings is 1. The molecule has 0 amide bonds. The summed E-state index contributed by atoms with van der Waals surface area (Å²) in [4.78, 5) is 8.84. The molecule has 1 atom stereocenters. The van der Waals surface area contributed by atoms with Crippen molar-refractivity contribution >= 4 is 17.3 Å². The Hall–Kier alpha value is -1.85. The average molecular weight is 357 g/mol. The summed E-state index contributed by atoms with van der Waals surface area (Å²) in [6.45, 7) is 9.18. The Kier molecular flexibility index (Phi) is 6.48. The van der Waals surface area contributed by atoms with E-state index < -0.39 is 0 Å². The van der Waals surface area contributed by atoms with Crippen LogP contribution < -0.4 is 10.6 Å². The summed E-state index contributed by atoms with van der Waals surface area (Å²) >= 11 is 1.89. The lowest BCUT2D eigenvalue weighted by molar-refractivity contribution is 0.263. The van der Waals surface area contributed by atoms with E-state index in [1.54, 1.807) is 4.88 Å². The van der Waals surface area contributed by atoms with Crippen molar-refractivity contribution in [2.75, 3.05) is 26.2 Å². The summed E-state index contributed by atoms with van der Waals surface area (Å²) < 4.78 is 0. The van der Waals surface area contributed by atoms with Gasteiger partial charge in [-0.1, -0.05) is 30.3 Å². The fourth-order valence-electron chi connectivity index (χ4n) is 3.15. The lowest BCUT2D eigenvalue weighted by Gasteiger charge is -2.26. The van der Waals surface area contributed by atoms with Gasteiger partial charge < -0.3 is 10.6 Å². The normalized spacial score (nSPS) is 16.3. The fraction of sp³-hybridized carbons (Fsp3) is 0.450. The Morgan fingerprint density at radius 2 is 2.12 bits per heavy atom. The highest BCUT2D eigenvalue weighted by Crippen LogP contribution is 2.23. The van der Waals surface area contributed by atoms with Crippen molar-refractivity contribution in [3.05, 3.63) is 57.8 Å². The van der Waals surface area contributed by atoms with Crippen LogP contribution in [-0.4, -0.2) is 37.0 Å². The van der Waals surface area contributed by atoms with Crippen LogP contribution in [0, 0.1) is 0 Å². The molecule has 5 heteroatoms. The van der Waals surface area contributed by atoms with Crippen molar-refractivity contribution in [2.45, 2.75) is 32.9 Å². The molecule has 25 heavy (non-hydrogen) atoms. The third-order valence-electron chi connectivity index (χ3n) is 4.57. The first-order chi connectivity index (χ1) is 12.3. The predicted molar refractivity (Wildman–Crippen MR) is 107 cm³/mol. The SMILES string of the molecule is CCNC(=NCCN1CCc2sccc2C1)NC(C)c1ccccc1. The van der Waals surface area contributed by atoms with Crippen molar-refractivity contribution in [1.29, 1.82) is 0 Å². The van der Waals surface area contributed by atoms with E-state index in [1.807, 2.05) is 17.4 Å². The molecule has 1 unspecified atom stereocenters. The van der Waals surface area contributed by atoms with Gasteiger partial charge in [-0.25, -0.2) is 0 Å². The number of hydrogen-bond acceptors (Lipinski definition) is 3. The van der Waals surface area contributed by atoms with Gasteiger partial charge >= 0.3 is 0 Å². The van der Waals surface area contributed by atoms with Crippen molar-refractivity contribution in [3.63, 3.8) is 0 Å². The van der Waals surface area contributed by atoms with Crippen molar-refractivity contribution < 1.29 is 0 Å².